The molecule has 3 aromatic carbocycles. The Morgan fingerprint density at radius 1 is 0.588 bits per heavy atom. The zero-order valence-electron chi connectivity index (χ0n) is 44.7. The Bertz CT molecular complexity index is 1860. The summed E-state index contributed by atoms with van der Waals surface area (Å²) in [5, 5.41) is 0. The Labute approximate surface area is 433 Å². The van der Waals surface area contributed by atoms with Gasteiger partial charge in [0.05, 0.1) is 43.7 Å². The van der Waals surface area contributed by atoms with Crippen LogP contribution in [0.25, 0.3) is 0 Å². The van der Waals surface area contributed by atoms with Gasteiger partial charge < -0.3 is 14.3 Å². The fourth-order valence-corrected chi connectivity index (χ4v) is 20.0. The molecule has 2 aliphatic heterocycles. The number of para-hydroxylation sites is 2. The molecule has 0 radical (unpaired) electrons. The molecule has 0 bridgehead atoms. The molecular formula is C61H97Cl2N3PRu+. The van der Waals surface area contributed by atoms with Crippen LogP contribution in [0.2, 0.25) is 0 Å². The molecule has 1 atom stereocenters. The van der Waals surface area contributed by atoms with Crippen molar-refractivity contribution in [3.63, 3.8) is 0 Å². The molecule has 382 valence electrons. The number of benzene rings is 3. The van der Waals surface area contributed by atoms with Crippen LogP contribution in [0.15, 0.2) is 66.7 Å². The summed E-state index contributed by atoms with van der Waals surface area (Å²) >= 11 is -1.61. The monoisotopic (exact) mass is 1070 g/mol. The SMILES string of the molecule is C1CCC([PH+](C2CCCCC2)C2CCCCC2)CC1.CC[N+]1(C)CCC(CC2CN(c3c(C(C)C)cccc3C(C)C)[CH-]N2c2c(C(C)C)cccc2C(C)C)CC1.[Cl][Ru]([Cl])=[CH]c1ccccc1. The van der Waals surface area contributed by atoms with Crippen LogP contribution in [0, 0.1) is 12.6 Å². The number of halogens is 2. The summed E-state index contributed by atoms with van der Waals surface area (Å²) in [6.07, 6.45) is 27.8. The molecule has 1 unspecified atom stereocenters. The van der Waals surface area contributed by atoms with Gasteiger partial charge in [0, 0.05) is 31.9 Å². The number of hydrogen-bond acceptors (Lipinski definition) is 2. The van der Waals surface area contributed by atoms with E-state index in [1.165, 1.54) is 94.0 Å². The van der Waals surface area contributed by atoms with E-state index in [0.717, 1.165) is 18.0 Å². The van der Waals surface area contributed by atoms with Crippen molar-refractivity contribution in [3.8, 4) is 0 Å². The standard InChI is InChI=1S/C36H57N3.C18H33P.C7H6.2ClH.Ru/c1-11-39(10)20-18-29(19-21-39)22-30-23-37(35-31(25(2)3)14-12-15-32(35)26(4)5)24-38(30)36-33(27(6)7)16-13-17-34(36)28(8)9;1-4-10-16(11-5-1)19(17-12-6-2-7-13-17)18-14-8-3-9-15-18;1-7-5-3-2-4-6-7;;;/h12-17,24-30H,11,18-23H2,1-10H3;16-18H,1-15H2;1-6H;2*1H;/q;;;;;+2/p-1. The fourth-order valence-electron chi connectivity index (χ4n) is 12.9. The molecule has 3 aromatic rings. The Morgan fingerprint density at radius 3 is 1.38 bits per heavy atom. The number of quaternary nitrogens is 1. The van der Waals surface area contributed by atoms with Crippen molar-refractivity contribution in [2.24, 2.45) is 5.92 Å². The molecule has 5 aliphatic rings. The van der Waals surface area contributed by atoms with Gasteiger partial charge in [0.1, 0.15) is 0 Å². The number of anilines is 2. The first-order valence-electron chi connectivity index (χ1n) is 27.9. The summed E-state index contributed by atoms with van der Waals surface area (Å²) < 4.78 is 3.17. The third kappa shape index (κ3) is 15.6. The first-order valence-corrected chi connectivity index (χ1v) is 35.1. The second-order valence-corrected chi connectivity index (χ2v) is 32.5. The van der Waals surface area contributed by atoms with Crippen LogP contribution in [0.3, 0.4) is 0 Å². The maximum atomic E-state index is 5.67. The molecule has 3 aliphatic carbocycles. The third-order valence-electron chi connectivity index (χ3n) is 17.0. The molecule has 0 spiro atoms. The Hall–Kier alpha value is -1.28. The third-order valence-corrected chi connectivity index (χ3v) is 23.5. The van der Waals surface area contributed by atoms with E-state index in [1.54, 1.807) is 96.3 Å². The second kappa shape index (κ2) is 27.7. The minimum atomic E-state index is -1.61. The van der Waals surface area contributed by atoms with Gasteiger partial charge in [-0.2, -0.15) is 6.67 Å². The fraction of sp³-hybridized carbons (Fsp3) is 0.672. The molecule has 3 saturated carbocycles. The number of hydrogen-bond donors (Lipinski definition) is 0. The van der Waals surface area contributed by atoms with Crippen molar-refractivity contribution in [2.45, 2.75) is 225 Å². The van der Waals surface area contributed by atoms with Gasteiger partial charge in [0.25, 0.3) is 0 Å². The predicted octanol–water partition coefficient (Wildman–Crippen LogP) is 18.2. The van der Waals surface area contributed by atoms with E-state index in [9.17, 15) is 0 Å². The van der Waals surface area contributed by atoms with Crippen molar-refractivity contribution in [1.29, 1.82) is 0 Å². The average molecular weight is 1080 g/mol. The van der Waals surface area contributed by atoms with Gasteiger partial charge in [-0.1, -0.05) is 111 Å². The van der Waals surface area contributed by atoms with Crippen molar-refractivity contribution < 1.29 is 18.0 Å². The van der Waals surface area contributed by atoms with E-state index in [4.69, 9.17) is 19.4 Å². The summed E-state index contributed by atoms with van der Waals surface area (Å²) in [5.74, 6) is 2.79. The Kier molecular flexibility index (Phi) is 22.8. The van der Waals surface area contributed by atoms with Gasteiger partial charge in [0.15, 0.2) is 0 Å². The molecule has 0 amide bonds. The molecule has 68 heavy (non-hydrogen) atoms. The van der Waals surface area contributed by atoms with Crippen LogP contribution in [0.1, 0.15) is 229 Å². The summed E-state index contributed by atoms with van der Waals surface area (Å²) in [4.78, 5) is 5.37. The van der Waals surface area contributed by atoms with Crippen LogP contribution in [0.5, 0.6) is 0 Å². The van der Waals surface area contributed by atoms with Crippen molar-refractivity contribution in [1.82, 2.24) is 0 Å². The van der Waals surface area contributed by atoms with Gasteiger partial charge in [0.2, 0.25) is 0 Å². The zero-order chi connectivity index (χ0) is 48.8. The quantitative estimate of drug-likeness (QED) is 0.0728. The molecule has 0 aromatic heterocycles. The number of rotatable bonds is 13. The topological polar surface area (TPSA) is 6.48 Å². The summed E-state index contributed by atoms with van der Waals surface area (Å²) in [5.41, 5.74) is 13.7. The van der Waals surface area contributed by atoms with Crippen molar-refractivity contribution in [2.75, 3.05) is 43.0 Å². The minimum absolute atomic E-state index is 0.0465. The Balaban J connectivity index is 0.000000214. The molecule has 2 heterocycles. The molecule has 7 heteroatoms. The van der Waals surface area contributed by atoms with Crippen LogP contribution >= 0.6 is 27.3 Å². The molecule has 5 fully saturated rings. The summed E-state index contributed by atoms with van der Waals surface area (Å²) in [6, 6.07) is 24.4. The summed E-state index contributed by atoms with van der Waals surface area (Å²) in [6.45, 7) is 28.7. The summed E-state index contributed by atoms with van der Waals surface area (Å²) in [7, 11) is 13.7. The van der Waals surface area contributed by atoms with Gasteiger partial charge in [-0.3, -0.25) is 0 Å². The first-order chi connectivity index (χ1) is 32.7. The van der Waals surface area contributed by atoms with Crippen molar-refractivity contribution >= 4 is 43.3 Å². The van der Waals surface area contributed by atoms with E-state index in [-0.39, 0.29) is 7.92 Å². The van der Waals surface area contributed by atoms with Gasteiger partial charge in [-0.05, 0) is 155 Å². The normalized spacial score (nSPS) is 23.5. The van der Waals surface area contributed by atoms with Gasteiger partial charge >= 0.3 is 73.4 Å². The van der Waals surface area contributed by atoms with E-state index < -0.39 is 13.5 Å². The number of piperidine rings is 1. The van der Waals surface area contributed by atoms with Crippen molar-refractivity contribution in [3.05, 3.63) is 101 Å². The molecule has 3 nitrogen and oxygen atoms in total. The molecular weight excluding hydrogens is 978 g/mol. The van der Waals surface area contributed by atoms with Gasteiger partial charge in [-0.25, -0.2) is 0 Å². The van der Waals surface area contributed by atoms with E-state index in [2.05, 4.69) is 122 Å². The second-order valence-electron chi connectivity index (χ2n) is 23.3. The van der Waals surface area contributed by atoms with E-state index >= 15 is 0 Å². The predicted molar refractivity (Wildman–Crippen MR) is 303 cm³/mol. The Morgan fingerprint density at radius 2 is 1.00 bits per heavy atom. The molecule has 0 N–H and O–H groups in total. The van der Waals surface area contributed by atoms with Crippen LogP contribution in [-0.4, -0.2) is 65.3 Å². The van der Waals surface area contributed by atoms with Crippen LogP contribution in [0.4, 0.5) is 11.4 Å². The van der Waals surface area contributed by atoms with Crippen LogP contribution < -0.4 is 9.80 Å². The average Bonchev–Trinajstić information content (AvgIpc) is 3.76. The first kappa shape index (κ1) is 56.0. The number of likely N-dealkylation sites (tertiary alicyclic amines) is 1. The van der Waals surface area contributed by atoms with E-state index in [0.29, 0.717) is 29.7 Å². The number of nitrogens with zero attached hydrogens (tertiary/aromatic N) is 3. The maximum absolute atomic E-state index is 5.67. The van der Waals surface area contributed by atoms with Crippen LogP contribution in [-0.2, 0) is 13.5 Å². The zero-order valence-corrected chi connectivity index (χ0v) is 49.0. The van der Waals surface area contributed by atoms with Gasteiger partial charge in [-0.15, -0.1) is 0 Å². The molecule has 2 saturated heterocycles. The van der Waals surface area contributed by atoms with E-state index in [1.807, 2.05) is 34.9 Å². The molecule has 8 rings (SSSR count).